The molecule has 13 heteroatoms. The van der Waals surface area contributed by atoms with E-state index in [1.165, 1.54) is 15.6 Å². The zero-order valence-corrected chi connectivity index (χ0v) is 26.7. The predicted octanol–water partition coefficient (Wildman–Crippen LogP) is 5.71. The Labute approximate surface area is 254 Å². The smallest absolute Gasteiger partial charge is 0.416 e. The zero-order valence-electron chi connectivity index (χ0n) is 25.8. The van der Waals surface area contributed by atoms with Crippen molar-refractivity contribution in [2.24, 2.45) is 0 Å². The number of hydrogen-bond acceptors (Lipinski definition) is 9. The van der Waals surface area contributed by atoms with E-state index < -0.39 is 40.2 Å². The number of anilines is 3. The number of nitrogens with one attached hydrogen (secondary N) is 2. The summed E-state index contributed by atoms with van der Waals surface area (Å²) in [5.74, 6) is 1.01. The van der Waals surface area contributed by atoms with Gasteiger partial charge in [-0.05, 0) is 84.6 Å². The number of amides is 2. The maximum Gasteiger partial charge on any atom is 0.416 e. The summed E-state index contributed by atoms with van der Waals surface area (Å²) in [6.07, 6.45) is 3.52. The van der Waals surface area contributed by atoms with Crippen LogP contribution in [0.3, 0.4) is 0 Å². The Morgan fingerprint density at radius 1 is 1.21 bits per heavy atom. The molecule has 0 saturated heterocycles. The van der Waals surface area contributed by atoms with Gasteiger partial charge in [0, 0.05) is 40.1 Å². The molecule has 1 aromatic carbocycles. The van der Waals surface area contributed by atoms with Crippen molar-refractivity contribution in [3.8, 4) is 6.07 Å². The summed E-state index contributed by atoms with van der Waals surface area (Å²) >= 11 is 0. The van der Waals surface area contributed by atoms with Gasteiger partial charge in [-0.2, -0.15) is 14.9 Å². The molecule has 0 radical (unpaired) electrons. The Bertz CT molecular complexity index is 1600. The van der Waals surface area contributed by atoms with Gasteiger partial charge in [-0.3, -0.25) is 9.11 Å². The molecule has 0 bridgehead atoms. The number of fused-ring (bicyclic) bond motifs is 1. The third kappa shape index (κ3) is 8.01. The molecule has 1 fully saturated rings. The van der Waals surface area contributed by atoms with Crippen molar-refractivity contribution >= 4 is 46.0 Å². The van der Waals surface area contributed by atoms with E-state index in [2.05, 4.69) is 26.8 Å². The van der Waals surface area contributed by atoms with Crippen LogP contribution in [0.25, 0.3) is 5.65 Å². The van der Waals surface area contributed by atoms with Crippen LogP contribution in [-0.4, -0.2) is 54.5 Å². The van der Waals surface area contributed by atoms with Crippen LogP contribution in [0.5, 0.6) is 0 Å². The van der Waals surface area contributed by atoms with Gasteiger partial charge in [0.15, 0.2) is 5.65 Å². The number of carbonyl (C=O) groups excluding carboxylic acids is 2. The van der Waals surface area contributed by atoms with E-state index in [9.17, 15) is 19.1 Å². The van der Waals surface area contributed by atoms with Crippen LogP contribution in [0.1, 0.15) is 84.0 Å². The van der Waals surface area contributed by atoms with E-state index in [1.807, 2.05) is 45.9 Å². The van der Waals surface area contributed by atoms with Crippen molar-refractivity contribution in [2.75, 3.05) is 16.5 Å². The molecule has 2 amide bonds. The number of rotatable bonds is 8. The SMILES string of the molecule is CC(NC(=O)OC(C)(C)C)c1ccc(Nc2cc(N(C(=O)OC3CC3)C(C)(C)C)n3ncc(C#N)c3n2)cc1CS(C)=O. The molecular weight excluding hydrogens is 570 g/mol. The first kappa shape index (κ1) is 31.7. The highest BCUT2D eigenvalue weighted by Crippen LogP contribution is 2.33. The van der Waals surface area contributed by atoms with Crippen LogP contribution in [-0.2, 0) is 26.0 Å². The minimum atomic E-state index is -1.16. The van der Waals surface area contributed by atoms with Gasteiger partial charge in [-0.1, -0.05) is 6.07 Å². The molecule has 3 aromatic rings. The van der Waals surface area contributed by atoms with Crippen molar-refractivity contribution in [3.63, 3.8) is 0 Å². The lowest BCUT2D eigenvalue weighted by Gasteiger charge is -2.34. The first-order valence-electron chi connectivity index (χ1n) is 14.0. The third-order valence-corrected chi connectivity index (χ3v) is 7.14. The lowest BCUT2D eigenvalue weighted by molar-refractivity contribution is 0.0507. The quantitative estimate of drug-likeness (QED) is 0.327. The van der Waals surface area contributed by atoms with E-state index in [0.717, 1.165) is 24.0 Å². The molecule has 1 saturated carbocycles. The molecule has 230 valence electrons. The van der Waals surface area contributed by atoms with Gasteiger partial charge in [0.05, 0.1) is 12.2 Å². The first-order valence-corrected chi connectivity index (χ1v) is 15.8. The number of aromatic nitrogens is 3. The average Bonchev–Trinajstić information content (AvgIpc) is 3.57. The van der Waals surface area contributed by atoms with Crippen molar-refractivity contribution in [2.45, 2.75) is 90.3 Å². The lowest BCUT2D eigenvalue weighted by Crippen LogP contribution is -2.47. The maximum absolute atomic E-state index is 13.3. The third-order valence-electron chi connectivity index (χ3n) is 6.42. The molecule has 4 rings (SSSR count). The van der Waals surface area contributed by atoms with Crippen molar-refractivity contribution in [1.82, 2.24) is 19.9 Å². The van der Waals surface area contributed by atoms with Crippen molar-refractivity contribution in [1.29, 1.82) is 5.26 Å². The van der Waals surface area contributed by atoms with Crippen LogP contribution < -0.4 is 15.5 Å². The van der Waals surface area contributed by atoms with Crippen LogP contribution in [0.15, 0.2) is 30.5 Å². The van der Waals surface area contributed by atoms with Crippen LogP contribution in [0, 0.1) is 11.3 Å². The molecule has 1 aliphatic carbocycles. The number of alkyl carbamates (subject to hydrolysis) is 1. The van der Waals surface area contributed by atoms with Gasteiger partial charge in [-0.15, -0.1) is 0 Å². The van der Waals surface area contributed by atoms with Crippen molar-refractivity contribution < 1.29 is 23.3 Å². The van der Waals surface area contributed by atoms with Gasteiger partial charge in [0.1, 0.15) is 35.0 Å². The second-order valence-corrected chi connectivity index (χ2v) is 14.1. The number of nitrogens with zero attached hydrogens (tertiary/aromatic N) is 5. The highest BCUT2D eigenvalue weighted by molar-refractivity contribution is 7.83. The zero-order chi connectivity index (χ0) is 31.7. The van der Waals surface area contributed by atoms with Gasteiger partial charge < -0.3 is 20.1 Å². The Kier molecular flexibility index (Phi) is 9.01. The normalized spacial score (nSPS) is 14.9. The summed E-state index contributed by atoms with van der Waals surface area (Å²) in [4.78, 5) is 31.9. The molecule has 0 spiro atoms. The number of ether oxygens (including phenoxy) is 2. The molecule has 2 N–H and O–H groups in total. The van der Waals surface area contributed by atoms with Crippen LogP contribution >= 0.6 is 0 Å². The molecule has 12 nitrogen and oxygen atoms in total. The van der Waals surface area contributed by atoms with Gasteiger partial charge in [-0.25, -0.2) is 14.6 Å². The van der Waals surface area contributed by atoms with Gasteiger partial charge in [0.2, 0.25) is 0 Å². The second-order valence-electron chi connectivity index (χ2n) is 12.6. The molecular formula is C30H39N7O5S. The highest BCUT2D eigenvalue weighted by atomic mass is 32.2. The predicted molar refractivity (Wildman–Crippen MR) is 165 cm³/mol. The molecule has 1 aliphatic rings. The maximum atomic E-state index is 13.3. The fourth-order valence-corrected chi connectivity index (χ4v) is 5.19. The van der Waals surface area contributed by atoms with Gasteiger partial charge >= 0.3 is 12.2 Å². The minimum Gasteiger partial charge on any atom is -0.446 e. The highest BCUT2D eigenvalue weighted by Gasteiger charge is 2.36. The van der Waals surface area contributed by atoms with Crippen LogP contribution in [0.2, 0.25) is 0 Å². The van der Waals surface area contributed by atoms with Gasteiger partial charge in [0.25, 0.3) is 0 Å². The fraction of sp³-hybridized carbons (Fsp3) is 0.500. The van der Waals surface area contributed by atoms with E-state index in [1.54, 1.807) is 33.1 Å². The summed E-state index contributed by atoms with van der Waals surface area (Å²) in [7, 11) is -1.16. The molecule has 2 unspecified atom stereocenters. The molecule has 0 aliphatic heterocycles. The van der Waals surface area contributed by atoms with E-state index in [4.69, 9.17) is 9.47 Å². The standard InChI is InChI=1S/C30H39N7O5S/c1-18(33-27(38)42-30(5,6)7)23-12-9-21(13-19(23)17-43(8)40)34-24-14-25(37-26(35-24)20(15-31)16-32-37)36(29(2,3)4)28(39)41-22-10-11-22/h9,12-14,16,18,22H,10-11,17H2,1-8H3,(H,33,38)(H,34,35). The number of carbonyl (C=O) groups is 2. The first-order chi connectivity index (χ1) is 20.1. The molecule has 2 atom stereocenters. The summed E-state index contributed by atoms with van der Waals surface area (Å²) in [5, 5.41) is 20.2. The Morgan fingerprint density at radius 2 is 1.91 bits per heavy atom. The van der Waals surface area contributed by atoms with E-state index >= 15 is 0 Å². The fourth-order valence-electron chi connectivity index (χ4n) is 4.50. The largest absolute Gasteiger partial charge is 0.446 e. The Balaban J connectivity index is 1.72. The van der Waals surface area contributed by atoms with Crippen LogP contribution in [0.4, 0.5) is 26.9 Å². The molecule has 43 heavy (non-hydrogen) atoms. The van der Waals surface area contributed by atoms with E-state index in [0.29, 0.717) is 17.3 Å². The average molecular weight is 610 g/mol. The Hall–Kier alpha value is -4.18. The second kappa shape index (κ2) is 12.2. The lowest BCUT2D eigenvalue weighted by atomic mass is 10.0. The summed E-state index contributed by atoms with van der Waals surface area (Å²) in [5.41, 5.74) is 1.38. The summed E-state index contributed by atoms with van der Waals surface area (Å²) in [6.45, 7) is 12.9. The monoisotopic (exact) mass is 609 g/mol. The molecule has 2 aromatic heterocycles. The van der Waals surface area contributed by atoms with E-state index in [-0.39, 0.29) is 23.1 Å². The summed E-state index contributed by atoms with van der Waals surface area (Å²) in [6, 6.07) is 8.89. The number of benzene rings is 1. The number of hydrogen-bond donors (Lipinski definition) is 2. The number of nitriles is 1. The topological polar surface area (TPSA) is 151 Å². The van der Waals surface area contributed by atoms with Crippen molar-refractivity contribution in [3.05, 3.63) is 47.2 Å². The Morgan fingerprint density at radius 3 is 2.49 bits per heavy atom. The molecule has 2 heterocycles. The minimum absolute atomic E-state index is 0.104. The summed E-state index contributed by atoms with van der Waals surface area (Å²) < 4.78 is 24.8.